The van der Waals surface area contributed by atoms with Gasteiger partial charge in [-0.15, -0.1) is 11.3 Å². The van der Waals surface area contributed by atoms with E-state index < -0.39 is 11.9 Å². The number of ether oxygens (including phenoxy) is 1. The van der Waals surface area contributed by atoms with Gasteiger partial charge in [0.25, 0.3) is 11.5 Å². The Balaban J connectivity index is 1.54. The Morgan fingerprint density at radius 2 is 2.00 bits per heavy atom. The second-order valence-corrected chi connectivity index (χ2v) is 10.9. The zero-order valence-corrected chi connectivity index (χ0v) is 22.8. The molecule has 0 saturated carbocycles. The molecule has 0 radical (unpaired) electrons. The molecule has 0 atom stereocenters. The number of nitrogens with one attached hydrogen (secondary N) is 2. The number of methoxy groups -OCH3 is 1. The van der Waals surface area contributed by atoms with E-state index in [0.717, 1.165) is 47.3 Å². The van der Waals surface area contributed by atoms with Crippen molar-refractivity contribution >= 4 is 44.9 Å². The van der Waals surface area contributed by atoms with Crippen molar-refractivity contribution in [2.45, 2.75) is 39.2 Å². The van der Waals surface area contributed by atoms with E-state index in [1.54, 1.807) is 35.3 Å². The minimum atomic E-state index is -0.593. The van der Waals surface area contributed by atoms with E-state index >= 15 is 0 Å². The maximum Gasteiger partial charge on any atom is 0.341 e. The normalized spacial score (nSPS) is 12.8. The van der Waals surface area contributed by atoms with Crippen molar-refractivity contribution in [1.29, 1.82) is 5.41 Å². The summed E-state index contributed by atoms with van der Waals surface area (Å²) in [7, 11) is 1.32. The fourth-order valence-corrected chi connectivity index (χ4v) is 6.51. The molecule has 10 nitrogen and oxygen atoms in total. The van der Waals surface area contributed by atoms with Crippen molar-refractivity contribution in [2.75, 3.05) is 12.4 Å². The van der Waals surface area contributed by atoms with Crippen molar-refractivity contribution in [2.24, 2.45) is 0 Å². The van der Waals surface area contributed by atoms with E-state index in [1.807, 2.05) is 19.1 Å². The van der Waals surface area contributed by atoms with Crippen LogP contribution in [0.25, 0.3) is 16.7 Å². The van der Waals surface area contributed by atoms with Gasteiger partial charge in [-0.2, -0.15) is 0 Å². The topological polar surface area (TPSA) is 131 Å². The Labute approximate surface area is 232 Å². The van der Waals surface area contributed by atoms with E-state index in [1.165, 1.54) is 28.9 Å². The monoisotopic (exact) mass is 554 g/mol. The lowest BCUT2D eigenvalue weighted by Gasteiger charge is -2.15. The SMILES string of the molecule is COC(=O)c1c(NC(=O)c2cc3c(=O)n4cccc(C)c4nc3n(Cc3cccnc3)c2=N)sc2c1CCCC2. The number of hydrogen-bond acceptors (Lipinski definition) is 8. The van der Waals surface area contributed by atoms with Crippen LogP contribution in [0.1, 0.15) is 55.1 Å². The molecule has 1 amide bonds. The summed E-state index contributed by atoms with van der Waals surface area (Å²) in [4.78, 5) is 50.1. The predicted octanol–water partition coefficient (Wildman–Crippen LogP) is 3.86. The molecular weight excluding hydrogens is 528 g/mol. The van der Waals surface area contributed by atoms with Crippen molar-refractivity contribution in [3.05, 3.63) is 97.5 Å². The van der Waals surface area contributed by atoms with Gasteiger partial charge in [0.05, 0.1) is 30.2 Å². The van der Waals surface area contributed by atoms with Gasteiger partial charge in [0.2, 0.25) is 0 Å². The number of carbonyl (C=O) groups is 2. The van der Waals surface area contributed by atoms with Crippen LogP contribution in [-0.2, 0) is 24.1 Å². The van der Waals surface area contributed by atoms with Crippen LogP contribution in [0.2, 0.25) is 0 Å². The molecule has 0 bridgehead atoms. The lowest BCUT2D eigenvalue weighted by Crippen LogP contribution is -2.32. The van der Waals surface area contributed by atoms with Crippen LogP contribution in [0.15, 0.2) is 53.7 Å². The molecule has 0 fully saturated rings. The lowest BCUT2D eigenvalue weighted by atomic mass is 9.95. The predicted molar refractivity (Wildman–Crippen MR) is 151 cm³/mol. The van der Waals surface area contributed by atoms with Gasteiger partial charge in [0.1, 0.15) is 21.8 Å². The van der Waals surface area contributed by atoms with Crippen molar-refractivity contribution in [3.63, 3.8) is 0 Å². The highest BCUT2D eigenvalue weighted by Crippen LogP contribution is 2.38. The van der Waals surface area contributed by atoms with E-state index in [9.17, 15) is 14.4 Å². The Morgan fingerprint density at radius 1 is 1.18 bits per heavy atom. The van der Waals surface area contributed by atoms with Gasteiger partial charge in [-0.25, -0.2) is 9.78 Å². The van der Waals surface area contributed by atoms with Gasteiger partial charge in [0, 0.05) is 23.5 Å². The Bertz CT molecular complexity index is 1940. The molecule has 5 aromatic rings. The highest BCUT2D eigenvalue weighted by molar-refractivity contribution is 7.17. The van der Waals surface area contributed by atoms with Gasteiger partial charge < -0.3 is 14.6 Å². The quantitative estimate of drug-likeness (QED) is 0.251. The molecule has 202 valence electrons. The first-order chi connectivity index (χ1) is 19.4. The number of aryl methyl sites for hydroxylation is 2. The van der Waals surface area contributed by atoms with Gasteiger partial charge in [-0.3, -0.25) is 24.4 Å². The summed E-state index contributed by atoms with van der Waals surface area (Å²) in [5.74, 6) is -1.10. The second-order valence-electron chi connectivity index (χ2n) is 9.75. The standard InChI is InChI=1S/C29H26N6O4S/c1-16-7-6-12-34-24(16)32-25-20(28(34)37)13-19(23(30)35(25)15-17-8-5-11-31-14-17)26(36)33-27-22(29(38)39-2)18-9-3-4-10-21(18)40-27/h5-8,11-14,30H,3-4,9-10,15H2,1-2H3,(H,33,36). The Kier molecular flexibility index (Phi) is 6.51. The van der Waals surface area contributed by atoms with Crippen molar-refractivity contribution < 1.29 is 14.3 Å². The Morgan fingerprint density at radius 3 is 2.77 bits per heavy atom. The maximum absolute atomic E-state index is 13.8. The zero-order valence-electron chi connectivity index (χ0n) is 22.0. The summed E-state index contributed by atoms with van der Waals surface area (Å²) < 4.78 is 8.03. The average molecular weight is 555 g/mol. The molecule has 0 spiro atoms. The summed E-state index contributed by atoms with van der Waals surface area (Å²) in [6, 6.07) is 8.69. The highest BCUT2D eigenvalue weighted by Gasteiger charge is 2.28. The van der Waals surface area contributed by atoms with Crippen LogP contribution in [0.5, 0.6) is 0 Å². The van der Waals surface area contributed by atoms with Crippen LogP contribution in [0.4, 0.5) is 5.00 Å². The fraction of sp³-hybridized carbons (Fsp3) is 0.241. The molecule has 0 aromatic carbocycles. The number of hydrogen-bond donors (Lipinski definition) is 2. The number of esters is 1. The van der Waals surface area contributed by atoms with E-state index in [2.05, 4.69) is 10.3 Å². The van der Waals surface area contributed by atoms with Gasteiger partial charge in [-0.1, -0.05) is 12.1 Å². The summed E-state index contributed by atoms with van der Waals surface area (Å²) in [6.07, 6.45) is 8.51. The first kappa shape index (κ1) is 25.6. The number of aromatic nitrogens is 4. The van der Waals surface area contributed by atoms with Gasteiger partial charge in [-0.05, 0) is 67.5 Å². The molecule has 6 rings (SSSR count). The minimum absolute atomic E-state index is 0.00918. The molecule has 5 aromatic heterocycles. The third kappa shape index (κ3) is 4.28. The number of thiophene rings is 1. The molecule has 0 aliphatic heterocycles. The zero-order chi connectivity index (χ0) is 28.0. The summed E-state index contributed by atoms with van der Waals surface area (Å²) in [6.45, 7) is 2.04. The van der Waals surface area contributed by atoms with Crippen LogP contribution in [-0.4, -0.2) is 37.9 Å². The summed E-state index contributed by atoms with van der Waals surface area (Å²) >= 11 is 1.36. The molecule has 11 heteroatoms. The third-order valence-electron chi connectivity index (χ3n) is 7.23. The summed E-state index contributed by atoms with van der Waals surface area (Å²) in [5.41, 5.74) is 3.18. The highest BCUT2D eigenvalue weighted by atomic mass is 32.1. The number of nitrogens with zero attached hydrogens (tertiary/aromatic N) is 4. The largest absolute Gasteiger partial charge is 0.465 e. The average Bonchev–Trinajstić information content (AvgIpc) is 3.33. The number of fused-ring (bicyclic) bond motifs is 3. The van der Waals surface area contributed by atoms with E-state index in [0.29, 0.717) is 21.9 Å². The van der Waals surface area contributed by atoms with Crippen molar-refractivity contribution in [1.82, 2.24) is 18.9 Å². The smallest absolute Gasteiger partial charge is 0.341 e. The van der Waals surface area contributed by atoms with Gasteiger partial charge >= 0.3 is 5.97 Å². The number of amides is 1. The van der Waals surface area contributed by atoms with Crippen LogP contribution >= 0.6 is 11.3 Å². The number of carbonyl (C=O) groups excluding carboxylic acids is 2. The van der Waals surface area contributed by atoms with Gasteiger partial charge in [0.15, 0.2) is 0 Å². The number of rotatable bonds is 5. The number of pyridine rings is 3. The maximum atomic E-state index is 13.8. The van der Waals surface area contributed by atoms with Crippen LogP contribution < -0.4 is 16.4 Å². The minimum Gasteiger partial charge on any atom is -0.465 e. The first-order valence-electron chi connectivity index (χ1n) is 12.9. The van der Waals surface area contributed by atoms with E-state index in [-0.39, 0.29) is 28.5 Å². The molecule has 1 aliphatic carbocycles. The number of anilines is 1. The van der Waals surface area contributed by atoms with E-state index in [4.69, 9.17) is 15.1 Å². The molecule has 40 heavy (non-hydrogen) atoms. The van der Waals surface area contributed by atoms with Crippen LogP contribution in [0, 0.1) is 12.3 Å². The molecule has 1 aliphatic rings. The first-order valence-corrected chi connectivity index (χ1v) is 13.7. The van der Waals surface area contributed by atoms with Crippen molar-refractivity contribution in [3.8, 4) is 0 Å². The third-order valence-corrected chi connectivity index (χ3v) is 8.44. The second kappa shape index (κ2) is 10.2. The Hall–Kier alpha value is -4.64. The molecule has 0 saturated heterocycles. The molecule has 2 N–H and O–H groups in total. The molecule has 5 heterocycles. The van der Waals surface area contributed by atoms with Crippen LogP contribution in [0.3, 0.4) is 0 Å². The molecular formula is C29H26N6O4S. The lowest BCUT2D eigenvalue weighted by molar-refractivity contribution is 0.0601. The molecule has 0 unspecified atom stereocenters. The summed E-state index contributed by atoms with van der Waals surface area (Å²) in [5, 5.41) is 12.5. The fourth-order valence-electron chi connectivity index (χ4n) is 5.24.